The van der Waals surface area contributed by atoms with E-state index < -0.39 is 10.0 Å². The van der Waals surface area contributed by atoms with Crippen molar-refractivity contribution in [1.82, 2.24) is 5.32 Å². The van der Waals surface area contributed by atoms with Gasteiger partial charge in [-0.25, -0.2) is 8.42 Å². The van der Waals surface area contributed by atoms with Crippen LogP contribution in [0.1, 0.15) is 42.6 Å². The van der Waals surface area contributed by atoms with Crippen LogP contribution in [-0.2, 0) is 10.0 Å². The van der Waals surface area contributed by atoms with Crippen molar-refractivity contribution in [3.05, 3.63) is 59.7 Å². The van der Waals surface area contributed by atoms with Gasteiger partial charge in [0, 0.05) is 17.3 Å². The second-order valence-electron chi connectivity index (χ2n) is 6.16. The fraction of sp³-hybridized carbons (Fsp3) is 0.316. The van der Waals surface area contributed by atoms with Gasteiger partial charge in [-0.2, -0.15) is 0 Å². The second-order valence-corrected chi connectivity index (χ2v) is 7.84. The molecule has 0 radical (unpaired) electrons. The van der Waals surface area contributed by atoms with Gasteiger partial charge in [-0.1, -0.05) is 37.1 Å². The molecule has 2 aromatic rings. The molecule has 1 amide bonds. The molecule has 0 aromatic heterocycles. The summed E-state index contributed by atoms with van der Waals surface area (Å²) in [6.07, 6.45) is 1.88. The van der Waals surface area contributed by atoms with Crippen molar-refractivity contribution in [2.45, 2.75) is 44.6 Å². The quantitative estimate of drug-likeness (QED) is 0.790. The Bertz CT molecular complexity index is 830. The minimum Gasteiger partial charge on any atom is -0.350 e. The molecule has 0 aliphatic heterocycles. The predicted molar refractivity (Wildman–Crippen MR) is 100 cm³/mol. The third-order valence-corrected chi connectivity index (χ3v) is 5.20. The van der Waals surface area contributed by atoms with E-state index >= 15 is 0 Å². The molecule has 0 aliphatic rings. The molecular formula is C19H24N2O3S. The molecule has 0 spiro atoms. The largest absolute Gasteiger partial charge is 0.350 e. The molecule has 0 fully saturated rings. The second kappa shape index (κ2) is 8.16. The summed E-state index contributed by atoms with van der Waals surface area (Å²) in [4.78, 5) is 12.5. The van der Waals surface area contributed by atoms with Crippen LogP contribution in [0.2, 0.25) is 0 Å². The van der Waals surface area contributed by atoms with Crippen LogP contribution in [0, 0.1) is 6.92 Å². The summed E-state index contributed by atoms with van der Waals surface area (Å²) in [6, 6.07) is 13.2. The van der Waals surface area contributed by atoms with Gasteiger partial charge in [0.15, 0.2) is 0 Å². The highest BCUT2D eigenvalue weighted by molar-refractivity contribution is 7.92. The molecule has 0 heterocycles. The lowest BCUT2D eigenvalue weighted by atomic mass is 10.1. The van der Waals surface area contributed by atoms with Gasteiger partial charge in [-0.15, -0.1) is 0 Å². The van der Waals surface area contributed by atoms with Crippen LogP contribution in [0.15, 0.2) is 53.4 Å². The average Bonchev–Trinajstić information content (AvgIpc) is 2.55. The first kappa shape index (κ1) is 19.0. The number of hydrogen-bond acceptors (Lipinski definition) is 3. The van der Waals surface area contributed by atoms with E-state index in [4.69, 9.17) is 0 Å². The van der Waals surface area contributed by atoms with Crippen LogP contribution >= 0.6 is 0 Å². The molecule has 0 bridgehead atoms. The number of amides is 1. The Balaban J connectivity index is 2.15. The van der Waals surface area contributed by atoms with Crippen LogP contribution in [-0.4, -0.2) is 20.4 Å². The maximum Gasteiger partial charge on any atom is 0.261 e. The van der Waals surface area contributed by atoms with Gasteiger partial charge in [-0.3, -0.25) is 9.52 Å². The minimum absolute atomic E-state index is 0.0745. The van der Waals surface area contributed by atoms with E-state index in [1.807, 2.05) is 13.8 Å². The first-order chi connectivity index (χ1) is 11.8. The fourth-order valence-electron chi connectivity index (χ4n) is 2.47. The summed E-state index contributed by atoms with van der Waals surface area (Å²) >= 11 is 0. The van der Waals surface area contributed by atoms with Crippen molar-refractivity contribution in [3.63, 3.8) is 0 Å². The third-order valence-electron chi connectivity index (χ3n) is 3.81. The molecular weight excluding hydrogens is 336 g/mol. The SMILES string of the molecule is CCCC(C)NC(=O)c1cccc(NS(=O)(=O)c2ccc(C)cc2)c1. The third kappa shape index (κ3) is 5.32. The number of benzene rings is 2. The van der Waals surface area contributed by atoms with Crippen molar-refractivity contribution < 1.29 is 13.2 Å². The normalized spacial score (nSPS) is 12.4. The van der Waals surface area contributed by atoms with Gasteiger partial charge in [-0.05, 0) is 50.6 Å². The lowest BCUT2D eigenvalue weighted by molar-refractivity contribution is 0.0938. The molecule has 0 aliphatic carbocycles. The van der Waals surface area contributed by atoms with Crippen LogP contribution in [0.25, 0.3) is 0 Å². The summed E-state index contributed by atoms with van der Waals surface area (Å²) in [6.45, 7) is 5.90. The minimum atomic E-state index is -3.69. The van der Waals surface area contributed by atoms with E-state index in [0.29, 0.717) is 11.3 Å². The first-order valence-electron chi connectivity index (χ1n) is 8.32. The summed E-state index contributed by atoms with van der Waals surface area (Å²) < 4.78 is 27.4. The topological polar surface area (TPSA) is 75.3 Å². The number of carbonyl (C=O) groups excluding carboxylic acids is 1. The molecule has 5 nitrogen and oxygen atoms in total. The molecule has 1 atom stereocenters. The number of hydrogen-bond donors (Lipinski definition) is 2. The number of sulfonamides is 1. The van der Waals surface area contributed by atoms with E-state index in [-0.39, 0.29) is 16.8 Å². The van der Waals surface area contributed by atoms with Crippen molar-refractivity contribution in [2.24, 2.45) is 0 Å². The highest BCUT2D eigenvalue weighted by Crippen LogP contribution is 2.18. The van der Waals surface area contributed by atoms with Gasteiger partial charge in [0.2, 0.25) is 0 Å². The van der Waals surface area contributed by atoms with Gasteiger partial charge in [0.05, 0.1) is 4.90 Å². The zero-order valence-electron chi connectivity index (χ0n) is 14.7. The number of nitrogens with one attached hydrogen (secondary N) is 2. The monoisotopic (exact) mass is 360 g/mol. The smallest absolute Gasteiger partial charge is 0.261 e. The van der Waals surface area contributed by atoms with E-state index in [1.54, 1.807) is 48.5 Å². The predicted octanol–water partition coefficient (Wildman–Crippen LogP) is 3.71. The summed E-state index contributed by atoms with van der Waals surface area (Å²) in [5, 5.41) is 2.91. The zero-order chi connectivity index (χ0) is 18.4. The van der Waals surface area contributed by atoms with Gasteiger partial charge in [0.1, 0.15) is 0 Å². The van der Waals surface area contributed by atoms with Crippen molar-refractivity contribution in [3.8, 4) is 0 Å². The maximum absolute atomic E-state index is 12.4. The Labute approximate surface area is 149 Å². The standard InChI is InChI=1S/C19H24N2O3S/c1-4-6-15(3)20-19(22)16-7-5-8-17(13-16)21-25(23,24)18-11-9-14(2)10-12-18/h5,7-13,15,21H,4,6H2,1-3H3,(H,20,22). The van der Waals surface area contributed by atoms with Crippen LogP contribution < -0.4 is 10.0 Å². The molecule has 2 rings (SSSR count). The molecule has 2 N–H and O–H groups in total. The summed E-state index contributed by atoms with van der Waals surface area (Å²) in [7, 11) is -3.69. The van der Waals surface area contributed by atoms with Gasteiger partial charge < -0.3 is 5.32 Å². The van der Waals surface area contributed by atoms with Gasteiger partial charge in [0.25, 0.3) is 15.9 Å². The Hall–Kier alpha value is -2.34. The number of carbonyl (C=O) groups is 1. The van der Waals surface area contributed by atoms with Crippen molar-refractivity contribution in [2.75, 3.05) is 4.72 Å². The first-order valence-corrected chi connectivity index (χ1v) is 9.80. The Morgan fingerprint density at radius 2 is 1.80 bits per heavy atom. The average molecular weight is 360 g/mol. The Morgan fingerprint density at radius 3 is 2.44 bits per heavy atom. The maximum atomic E-state index is 12.4. The number of rotatable bonds is 7. The molecule has 0 saturated carbocycles. The highest BCUT2D eigenvalue weighted by atomic mass is 32.2. The molecule has 1 unspecified atom stereocenters. The van der Waals surface area contributed by atoms with Crippen LogP contribution in [0.5, 0.6) is 0 Å². The lowest BCUT2D eigenvalue weighted by Crippen LogP contribution is -2.32. The summed E-state index contributed by atoms with van der Waals surface area (Å²) in [5.41, 5.74) is 1.77. The molecule has 6 heteroatoms. The van der Waals surface area contributed by atoms with E-state index in [9.17, 15) is 13.2 Å². The number of aryl methyl sites for hydroxylation is 1. The lowest BCUT2D eigenvalue weighted by Gasteiger charge is -2.14. The van der Waals surface area contributed by atoms with E-state index in [0.717, 1.165) is 18.4 Å². The van der Waals surface area contributed by atoms with Crippen LogP contribution in [0.3, 0.4) is 0 Å². The van der Waals surface area contributed by atoms with Gasteiger partial charge >= 0.3 is 0 Å². The van der Waals surface area contributed by atoms with E-state index in [2.05, 4.69) is 17.0 Å². The summed E-state index contributed by atoms with van der Waals surface area (Å²) in [5.74, 6) is -0.211. The number of anilines is 1. The highest BCUT2D eigenvalue weighted by Gasteiger charge is 2.15. The molecule has 134 valence electrons. The fourth-order valence-corrected chi connectivity index (χ4v) is 3.52. The molecule has 2 aromatic carbocycles. The van der Waals surface area contributed by atoms with Crippen molar-refractivity contribution in [1.29, 1.82) is 0 Å². The van der Waals surface area contributed by atoms with Crippen LogP contribution in [0.4, 0.5) is 5.69 Å². The molecule has 0 saturated heterocycles. The zero-order valence-corrected chi connectivity index (χ0v) is 15.6. The van der Waals surface area contributed by atoms with E-state index in [1.165, 1.54) is 0 Å². The Kier molecular flexibility index (Phi) is 6.20. The molecule has 25 heavy (non-hydrogen) atoms. The van der Waals surface area contributed by atoms with Crippen molar-refractivity contribution >= 4 is 21.6 Å². The Morgan fingerprint density at radius 1 is 1.12 bits per heavy atom.